The molecule has 5 nitrogen and oxygen atoms in total. The summed E-state index contributed by atoms with van der Waals surface area (Å²) in [6.07, 6.45) is 1.69. The Hall–Kier alpha value is -1.79. The van der Waals surface area contributed by atoms with Crippen molar-refractivity contribution in [1.29, 1.82) is 0 Å². The molecule has 23 heavy (non-hydrogen) atoms. The first-order valence-electron chi connectivity index (χ1n) is 7.62. The van der Waals surface area contributed by atoms with Crippen molar-refractivity contribution in [3.63, 3.8) is 0 Å². The van der Waals surface area contributed by atoms with Crippen LogP contribution in [0.15, 0.2) is 29.2 Å². The number of unbranched alkanes of at least 4 members (excludes halogenated alkanes) is 1. The zero-order chi connectivity index (χ0) is 16.8. The van der Waals surface area contributed by atoms with Crippen molar-refractivity contribution in [2.24, 2.45) is 0 Å². The van der Waals surface area contributed by atoms with E-state index in [-0.39, 0.29) is 18.4 Å². The quantitative estimate of drug-likeness (QED) is 0.739. The predicted molar refractivity (Wildman–Crippen MR) is 91.1 cm³/mol. The first-order valence-corrected chi connectivity index (χ1v) is 8.61. The Morgan fingerprint density at radius 2 is 1.87 bits per heavy atom. The van der Waals surface area contributed by atoms with Crippen LogP contribution in [0, 0.1) is 0 Å². The van der Waals surface area contributed by atoms with Gasteiger partial charge in [0.1, 0.15) is 5.75 Å². The molecule has 0 aliphatic carbocycles. The zero-order valence-corrected chi connectivity index (χ0v) is 14.2. The lowest BCUT2D eigenvalue weighted by atomic mass is 10.1. The number of amides is 2. The molecule has 0 saturated carbocycles. The molecule has 0 fully saturated rings. The van der Waals surface area contributed by atoms with Crippen LogP contribution in [-0.2, 0) is 9.59 Å². The van der Waals surface area contributed by atoms with Gasteiger partial charge >= 0.3 is 0 Å². The van der Waals surface area contributed by atoms with Crippen LogP contribution in [0.4, 0.5) is 0 Å². The third-order valence-electron chi connectivity index (χ3n) is 3.58. The predicted octanol–water partition coefficient (Wildman–Crippen LogP) is 2.30. The summed E-state index contributed by atoms with van der Waals surface area (Å²) in [6, 6.07) is 7.09. The van der Waals surface area contributed by atoms with E-state index in [4.69, 9.17) is 9.84 Å². The summed E-state index contributed by atoms with van der Waals surface area (Å²) in [4.78, 5) is 27.0. The number of aliphatic hydroxyl groups is 1. The van der Waals surface area contributed by atoms with Gasteiger partial charge in [-0.3, -0.25) is 14.5 Å². The van der Waals surface area contributed by atoms with E-state index < -0.39 is 0 Å². The number of aliphatic hydroxyl groups excluding tert-OH is 1. The van der Waals surface area contributed by atoms with Crippen molar-refractivity contribution in [3.05, 3.63) is 34.7 Å². The van der Waals surface area contributed by atoms with Gasteiger partial charge in [0, 0.05) is 12.3 Å². The Balaban J connectivity index is 2.37. The van der Waals surface area contributed by atoms with Gasteiger partial charge in [0.2, 0.25) is 0 Å². The van der Waals surface area contributed by atoms with Gasteiger partial charge < -0.3 is 9.84 Å². The lowest BCUT2D eigenvalue weighted by Crippen LogP contribution is -2.32. The molecule has 2 amide bonds. The van der Waals surface area contributed by atoms with E-state index in [0.717, 1.165) is 12.8 Å². The maximum atomic E-state index is 12.7. The summed E-state index contributed by atoms with van der Waals surface area (Å²) < 4.78 is 5.13. The van der Waals surface area contributed by atoms with Crippen molar-refractivity contribution in [2.45, 2.75) is 19.8 Å². The van der Waals surface area contributed by atoms with Gasteiger partial charge in [0.15, 0.2) is 0 Å². The molecule has 1 aromatic carbocycles. The Morgan fingerprint density at radius 1 is 1.17 bits per heavy atom. The van der Waals surface area contributed by atoms with Gasteiger partial charge in [-0.05, 0) is 24.1 Å². The number of methoxy groups -OCH3 is 1. The first kappa shape index (κ1) is 17.6. The molecular formula is C17H21NO4S. The summed E-state index contributed by atoms with van der Waals surface area (Å²) in [7, 11) is 1.58. The first-order chi connectivity index (χ1) is 11.1. The molecule has 1 aromatic rings. The highest BCUT2D eigenvalue weighted by atomic mass is 32.2. The molecule has 0 aromatic heterocycles. The molecule has 6 heteroatoms. The van der Waals surface area contributed by atoms with Crippen LogP contribution < -0.4 is 4.74 Å². The molecule has 0 radical (unpaired) electrons. The molecule has 0 atom stereocenters. The lowest BCUT2D eigenvalue weighted by molar-refractivity contribution is -0.136. The molecule has 124 valence electrons. The van der Waals surface area contributed by atoms with Crippen LogP contribution in [0.5, 0.6) is 5.75 Å². The van der Waals surface area contributed by atoms with Gasteiger partial charge in [-0.25, -0.2) is 0 Å². The summed E-state index contributed by atoms with van der Waals surface area (Å²) in [6.45, 7) is 2.40. The Kier molecular flexibility index (Phi) is 6.24. The van der Waals surface area contributed by atoms with Crippen LogP contribution in [-0.4, -0.2) is 47.8 Å². The SMILES string of the molecule is CCCCN1C(=O)C(SCCO)=C(c2ccc(OC)cc2)C1=O. The van der Waals surface area contributed by atoms with Crippen molar-refractivity contribution >= 4 is 29.1 Å². The fraction of sp³-hybridized carbons (Fsp3) is 0.412. The molecule has 1 N–H and O–H groups in total. The second-order valence-corrected chi connectivity index (χ2v) is 6.23. The van der Waals surface area contributed by atoms with Gasteiger partial charge in [-0.1, -0.05) is 25.5 Å². The maximum absolute atomic E-state index is 12.7. The summed E-state index contributed by atoms with van der Waals surface area (Å²) in [5, 5.41) is 9.04. The highest BCUT2D eigenvalue weighted by molar-refractivity contribution is 8.04. The summed E-state index contributed by atoms with van der Waals surface area (Å²) in [5.74, 6) is 0.565. The van der Waals surface area contributed by atoms with Crippen LogP contribution >= 0.6 is 11.8 Å². The van der Waals surface area contributed by atoms with Crippen LogP contribution in [0.3, 0.4) is 0 Å². The largest absolute Gasteiger partial charge is 0.497 e. The molecule has 0 unspecified atom stereocenters. The summed E-state index contributed by atoms with van der Waals surface area (Å²) >= 11 is 1.23. The highest BCUT2D eigenvalue weighted by Crippen LogP contribution is 2.36. The van der Waals surface area contributed by atoms with Crippen molar-refractivity contribution in [1.82, 2.24) is 4.90 Å². The minimum Gasteiger partial charge on any atom is -0.497 e. The Bertz CT molecular complexity index is 610. The third kappa shape index (κ3) is 3.76. The number of imide groups is 1. The van der Waals surface area contributed by atoms with Crippen LogP contribution in [0.2, 0.25) is 0 Å². The molecule has 1 heterocycles. The second-order valence-electron chi connectivity index (χ2n) is 5.12. The monoisotopic (exact) mass is 335 g/mol. The van der Waals surface area contributed by atoms with E-state index in [9.17, 15) is 9.59 Å². The number of carbonyl (C=O) groups is 2. The van der Waals surface area contributed by atoms with Gasteiger partial charge in [-0.15, -0.1) is 11.8 Å². The molecule has 1 aliphatic rings. The fourth-order valence-corrected chi connectivity index (χ4v) is 3.25. The highest BCUT2D eigenvalue weighted by Gasteiger charge is 2.38. The van der Waals surface area contributed by atoms with Crippen molar-refractivity contribution in [2.75, 3.05) is 26.0 Å². The number of benzene rings is 1. The van der Waals surface area contributed by atoms with E-state index in [1.54, 1.807) is 31.4 Å². The molecule has 0 saturated heterocycles. The van der Waals surface area contributed by atoms with E-state index >= 15 is 0 Å². The summed E-state index contributed by atoms with van der Waals surface area (Å²) in [5.41, 5.74) is 1.12. The molecule has 0 spiro atoms. The number of hydrogen-bond donors (Lipinski definition) is 1. The third-order valence-corrected chi connectivity index (χ3v) is 4.63. The lowest BCUT2D eigenvalue weighted by Gasteiger charge is -2.14. The van der Waals surface area contributed by atoms with Crippen molar-refractivity contribution < 1.29 is 19.4 Å². The molecule has 0 bridgehead atoms. The maximum Gasteiger partial charge on any atom is 0.267 e. The number of thioether (sulfide) groups is 1. The topological polar surface area (TPSA) is 66.8 Å². The molecular weight excluding hydrogens is 314 g/mol. The minimum atomic E-state index is -0.257. The number of ether oxygens (including phenoxy) is 1. The van der Waals surface area contributed by atoms with E-state index in [0.29, 0.717) is 34.1 Å². The fourth-order valence-electron chi connectivity index (χ4n) is 2.37. The smallest absolute Gasteiger partial charge is 0.267 e. The minimum absolute atomic E-state index is 0.0412. The van der Waals surface area contributed by atoms with E-state index in [2.05, 4.69) is 0 Å². The standard InChI is InChI=1S/C17H21NO4S/c1-3-4-9-18-16(20)14(15(17(18)21)23-11-10-19)12-5-7-13(22-2)8-6-12/h5-8,19H,3-4,9-11H2,1-2H3. The average Bonchev–Trinajstić information content (AvgIpc) is 2.81. The van der Waals surface area contributed by atoms with E-state index in [1.807, 2.05) is 6.92 Å². The van der Waals surface area contributed by atoms with E-state index in [1.165, 1.54) is 16.7 Å². The van der Waals surface area contributed by atoms with Crippen LogP contribution in [0.25, 0.3) is 5.57 Å². The average molecular weight is 335 g/mol. The van der Waals surface area contributed by atoms with Gasteiger partial charge in [-0.2, -0.15) is 0 Å². The number of carbonyl (C=O) groups excluding carboxylic acids is 2. The number of rotatable bonds is 8. The van der Waals surface area contributed by atoms with Crippen LogP contribution in [0.1, 0.15) is 25.3 Å². The zero-order valence-electron chi connectivity index (χ0n) is 13.4. The Labute approximate surface area is 140 Å². The molecule has 2 rings (SSSR count). The molecule has 1 aliphatic heterocycles. The van der Waals surface area contributed by atoms with Gasteiger partial charge in [0.25, 0.3) is 11.8 Å². The van der Waals surface area contributed by atoms with Crippen molar-refractivity contribution in [3.8, 4) is 5.75 Å². The Morgan fingerprint density at radius 3 is 2.43 bits per heavy atom. The van der Waals surface area contributed by atoms with Gasteiger partial charge in [0.05, 0.1) is 24.2 Å². The number of nitrogens with zero attached hydrogens (tertiary/aromatic N) is 1. The second kappa shape index (κ2) is 8.17. The number of hydrogen-bond acceptors (Lipinski definition) is 5. The normalized spacial score (nSPS) is 14.8.